The van der Waals surface area contributed by atoms with Gasteiger partial charge in [0.2, 0.25) is 0 Å². The molecule has 0 heterocycles. The first-order chi connectivity index (χ1) is 9.20. The van der Waals surface area contributed by atoms with E-state index in [1.165, 1.54) is 38.5 Å². The van der Waals surface area contributed by atoms with E-state index in [4.69, 9.17) is 10.5 Å². The number of nitrogens with two attached hydrogens (primary N) is 1. The Morgan fingerprint density at radius 1 is 1.11 bits per heavy atom. The summed E-state index contributed by atoms with van der Waals surface area (Å²) < 4.78 is 5.07. The molecule has 0 radical (unpaired) electrons. The Morgan fingerprint density at radius 3 is 2.26 bits per heavy atom. The highest BCUT2D eigenvalue weighted by atomic mass is 16.5. The molecule has 112 valence electrons. The first kappa shape index (κ1) is 18.1. The third-order valence-electron chi connectivity index (χ3n) is 3.12. The molecule has 0 aromatic rings. The molecule has 0 aliphatic heterocycles. The molecule has 0 fully saturated rings. The number of rotatable bonds is 13. The molecule has 0 aliphatic carbocycles. The average molecular weight is 271 g/mol. The van der Waals surface area contributed by atoms with Crippen molar-refractivity contribution in [2.24, 2.45) is 5.73 Å². The highest BCUT2D eigenvalue weighted by Crippen LogP contribution is 2.08. The van der Waals surface area contributed by atoms with Crippen molar-refractivity contribution in [3.63, 3.8) is 0 Å². The zero-order chi connectivity index (χ0) is 14.3. The zero-order valence-electron chi connectivity index (χ0n) is 12.2. The van der Waals surface area contributed by atoms with Gasteiger partial charge in [0.15, 0.2) is 0 Å². The van der Waals surface area contributed by atoms with E-state index in [1.54, 1.807) is 0 Å². The third kappa shape index (κ3) is 13.3. The molecule has 0 spiro atoms. The van der Waals surface area contributed by atoms with Crippen LogP contribution in [0.1, 0.15) is 71.1 Å². The lowest BCUT2D eigenvalue weighted by molar-refractivity contribution is -0.143. The van der Waals surface area contributed by atoms with Gasteiger partial charge in [-0.25, -0.2) is 0 Å². The van der Waals surface area contributed by atoms with Gasteiger partial charge >= 0.3 is 5.97 Å². The lowest BCUT2D eigenvalue weighted by atomic mass is 10.1. The van der Waals surface area contributed by atoms with E-state index in [0.717, 1.165) is 12.8 Å². The summed E-state index contributed by atoms with van der Waals surface area (Å²) in [5, 5.41) is 0. The van der Waals surface area contributed by atoms with Gasteiger partial charge < -0.3 is 15.3 Å². The summed E-state index contributed by atoms with van der Waals surface area (Å²) in [6.07, 6.45) is 11.1. The van der Waals surface area contributed by atoms with Gasteiger partial charge in [-0.1, -0.05) is 51.9 Å². The van der Waals surface area contributed by atoms with Gasteiger partial charge in [-0.3, -0.25) is 4.79 Å². The van der Waals surface area contributed by atoms with Crippen molar-refractivity contribution < 1.29 is 14.3 Å². The van der Waals surface area contributed by atoms with E-state index in [0.29, 0.717) is 19.3 Å². The monoisotopic (exact) mass is 271 g/mol. The van der Waals surface area contributed by atoms with E-state index in [9.17, 15) is 9.59 Å². The maximum Gasteiger partial charge on any atom is 0.305 e. The summed E-state index contributed by atoms with van der Waals surface area (Å²) in [6.45, 7) is 2.71. The second kappa shape index (κ2) is 13.5. The van der Waals surface area contributed by atoms with Gasteiger partial charge in [0.05, 0.1) is 12.6 Å². The summed E-state index contributed by atoms with van der Waals surface area (Å²) in [5.41, 5.74) is 5.39. The summed E-state index contributed by atoms with van der Waals surface area (Å²) in [5.74, 6) is -0.250. The van der Waals surface area contributed by atoms with Gasteiger partial charge in [0.25, 0.3) is 0 Å². The predicted octanol–water partition coefficient (Wildman–Crippen LogP) is 2.98. The van der Waals surface area contributed by atoms with Crippen molar-refractivity contribution in [1.29, 1.82) is 0 Å². The fourth-order valence-corrected chi connectivity index (χ4v) is 1.85. The largest absolute Gasteiger partial charge is 0.466 e. The summed E-state index contributed by atoms with van der Waals surface area (Å²) in [7, 11) is 0. The minimum Gasteiger partial charge on any atom is -0.466 e. The number of carbonyl (C=O) groups is 2. The molecular formula is C15H29NO3. The lowest BCUT2D eigenvalue weighted by Gasteiger charge is -2.06. The third-order valence-corrected chi connectivity index (χ3v) is 3.12. The smallest absolute Gasteiger partial charge is 0.305 e. The van der Waals surface area contributed by atoms with Crippen LogP contribution in [0.25, 0.3) is 0 Å². The van der Waals surface area contributed by atoms with Crippen molar-refractivity contribution in [3.8, 4) is 0 Å². The number of esters is 1. The SMILES string of the molecule is CCCCCCCCCCOC(=O)CCC(N)C=O. The number of hydrogen-bond acceptors (Lipinski definition) is 4. The molecule has 0 aromatic carbocycles. The van der Waals surface area contributed by atoms with Crippen LogP contribution in [0.3, 0.4) is 0 Å². The standard InChI is InChI=1S/C15H29NO3/c1-2-3-4-5-6-7-8-9-12-19-15(18)11-10-14(16)13-17/h13-14H,2-12,16H2,1H3. The molecule has 0 saturated carbocycles. The predicted molar refractivity (Wildman–Crippen MR) is 76.8 cm³/mol. The Kier molecular flexibility index (Phi) is 12.9. The number of ether oxygens (including phenoxy) is 1. The Hall–Kier alpha value is -0.900. The first-order valence-electron chi connectivity index (χ1n) is 7.57. The zero-order valence-corrected chi connectivity index (χ0v) is 12.2. The van der Waals surface area contributed by atoms with Crippen molar-refractivity contribution in [3.05, 3.63) is 0 Å². The van der Waals surface area contributed by atoms with E-state index in [-0.39, 0.29) is 12.4 Å². The average Bonchev–Trinajstić information content (AvgIpc) is 2.42. The second-order valence-corrected chi connectivity index (χ2v) is 5.03. The Labute approximate surface area is 117 Å². The van der Waals surface area contributed by atoms with Crippen LogP contribution >= 0.6 is 0 Å². The van der Waals surface area contributed by atoms with Gasteiger partial charge in [-0.2, -0.15) is 0 Å². The molecular weight excluding hydrogens is 242 g/mol. The molecule has 0 saturated heterocycles. The van der Waals surface area contributed by atoms with Crippen molar-refractivity contribution in [1.82, 2.24) is 0 Å². The minimum absolute atomic E-state index is 0.233. The van der Waals surface area contributed by atoms with Crippen molar-refractivity contribution >= 4 is 12.3 Å². The van der Waals surface area contributed by atoms with E-state index >= 15 is 0 Å². The lowest BCUT2D eigenvalue weighted by Crippen LogP contribution is -2.22. The Bertz CT molecular complexity index is 231. The van der Waals surface area contributed by atoms with Crippen LogP contribution in [0, 0.1) is 0 Å². The number of carbonyl (C=O) groups excluding carboxylic acids is 2. The van der Waals surface area contributed by atoms with Gasteiger partial charge in [-0.05, 0) is 12.8 Å². The molecule has 19 heavy (non-hydrogen) atoms. The van der Waals surface area contributed by atoms with E-state index < -0.39 is 6.04 Å². The van der Waals surface area contributed by atoms with E-state index in [1.807, 2.05) is 0 Å². The van der Waals surface area contributed by atoms with Crippen LogP contribution < -0.4 is 5.73 Å². The van der Waals surface area contributed by atoms with Crippen LogP contribution in [0.5, 0.6) is 0 Å². The molecule has 0 aliphatic rings. The summed E-state index contributed by atoms with van der Waals surface area (Å²) >= 11 is 0. The molecule has 0 aromatic heterocycles. The van der Waals surface area contributed by atoms with Crippen molar-refractivity contribution in [2.45, 2.75) is 77.2 Å². The van der Waals surface area contributed by atoms with Crippen LogP contribution in [0.4, 0.5) is 0 Å². The quantitative estimate of drug-likeness (QED) is 0.317. The summed E-state index contributed by atoms with van der Waals surface area (Å²) in [6, 6.07) is -0.546. The molecule has 2 N–H and O–H groups in total. The normalized spacial score (nSPS) is 12.1. The summed E-state index contributed by atoms with van der Waals surface area (Å²) in [4.78, 5) is 21.5. The van der Waals surface area contributed by atoms with Crippen LogP contribution in [0.15, 0.2) is 0 Å². The Balaban J connectivity index is 3.20. The molecule has 1 unspecified atom stereocenters. The van der Waals surface area contributed by atoms with Crippen LogP contribution in [0.2, 0.25) is 0 Å². The number of unbranched alkanes of at least 4 members (excludes halogenated alkanes) is 7. The van der Waals surface area contributed by atoms with E-state index in [2.05, 4.69) is 6.92 Å². The fourth-order valence-electron chi connectivity index (χ4n) is 1.85. The van der Waals surface area contributed by atoms with Crippen molar-refractivity contribution in [2.75, 3.05) is 6.61 Å². The highest BCUT2D eigenvalue weighted by molar-refractivity contribution is 5.70. The molecule has 4 nitrogen and oxygen atoms in total. The van der Waals surface area contributed by atoms with Gasteiger partial charge in [0, 0.05) is 6.42 Å². The molecule has 0 bridgehead atoms. The number of hydrogen-bond donors (Lipinski definition) is 1. The highest BCUT2D eigenvalue weighted by Gasteiger charge is 2.06. The second-order valence-electron chi connectivity index (χ2n) is 5.03. The Morgan fingerprint density at radius 2 is 1.68 bits per heavy atom. The minimum atomic E-state index is -0.546. The molecule has 1 atom stereocenters. The maximum absolute atomic E-state index is 11.3. The molecule has 4 heteroatoms. The van der Waals surface area contributed by atoms with Gasteiger partial charge in [0.1, 0.15) is 6.29 Å². The molecule has 0 rings (SSSR count). The molecule has 0 amide bonds. The fraction of sp³-hybridized carbons (Fsp3) is 0.867. The topological polar surface area (TPSA) is 69.4 Å². The number of aldehydes is 1. The van der Waals surface area contributed by atoms with Crippen LogP contribution in [-0.2, 0) is 14.3 Å². The maximum atomic E-state index is 11.3. The first-order valence-corrected chi connectivity index (χ1v) is 7.57. The van der Waals surface area contributed by atoms with Gasteiger partial charge in [-0.15, -0.1) is 0 Å². The van der Waals surface area contributed by atoms with Crippen LogP contribution in [-0.4, -0.2) is 24.9 Å².